The normalized spacial score (nSPS) is 15.8. The van der Waals surface area contributed by atoms with Gasteiger partial charge in [-0.15, -0.1) is 0 Å². The van der Waals surface area contributed by atoms with Crippen LogP contribution in [0.5, 0.6) is 0 Å². The van der Waals surface area contributed by atoms with Crippen LogP contribution in [0.2, 0.25) is 0 Å². The number of benzene rings is 1. The van der Waals surface area contributed by atoms with E-state index in [1.807, 2.05) is 23.9 Å². The van der Waals surface area contributed by atoms with Crippen LogP contribution >= 0.6 is 11.8 Å². The molecule has 0 bridgehead atoms. The molecule has 1 aliphatic rings. The Morgan fingerprint density at radius 3 is 2.90 bits per heavy atom. The van der Waals surface area contributed by atoms with Gasteiger partial charge in [-0.1, -0.05) is 0 Å². The number of nitrogen functional groups attached to an aromatic ring is 1. The highest BCUT2D eigenvalue weighted by atomic mass is 32.2. The minimum Gasteiger partial charge on any atom is -0.462 e. The third-order valence-electron chi connectivity index (χ3n) is 3.46. The van der Waals surface area contributed by atoms with E-state index in [1.54, 1.807) is 13.0 Å². The predicted molar refractivity (Wildman–Crippen MR) is 85.3 cm³/mol. The van der Waals surface area contributed by atoms with E-state index < -0.39 is 0 Å². The van der Waals surface area contributed by atoms with Gasteiger partial charge in [0.05, 0.1) is 12.2 Å². The SMILES string of the molecule is CCOC(=O)c1cc(N)ccc1NCC1CCSCC1. The highest BCUT2D eigenvalue weighted by molar-refractivity contribution is 7.99. The van der Waals surface area contributed by atoms with Gasteiger partial charge in [-0.2, -0.15) is 11.8 Å². The van der Waals surface area contributed by atoms with Crippen LogP contribution in [-0.4, -0.2) is 30.6 Å². The summed E-state index contributed by atoms with van der Waals surface area (Å²) in [7, 11) is 0. The molecule has 20 heavy (non-hydrogen) atoms. The first-order valence-corrected chi connectivity index (χ1v) is 8.24. The molecule has 0 atom stereocenters. The summed E-state index contributed by atoms with van der Waals surface area (Å²) in [5.41, 5.74) is 7.68. The van der Waals surface area contributed by atoms with Crippen LogP contribution in [0, 0.1) is 5.92 Å². The topological polar surface area (TPSA) is 64.3 Å². The van der Waals surface area contributed by atoms with Crippen molar-refractivity contribution in [3.63, 3.8) is 0 Å². The van der Waals surface area contributed by atoms with Gasteiger partial charge in [-0.05, 0) is 55.4 Å². The Balaban J connectivity index is 2.03. The fraction of sp³-hybridized carbons (Fsp3) is 0.533. The van der Waals surface area contributed by atoms with Crippen LogP contribution in [-0.2, 0) is 4.74 Å². The molecule has 110 valence electrons. The van der Waals surface area contributed by atoms with Crippen molar-refractivity contribution in [1.29, 1.82) is 0 Å². The van der Waals surface area contributed by atoms with Crippen molar-refractivity contribution in [2.75, 3.05) is 35.7 Å². The quantitative estimate of drug-likeness (QED) is 0.645. The number of esters is 1. The number of anilines is 2. The molecule has 0 aliphatic carbocycles. The summed E-state index contributed by atoms with van der Waals surface area (Å²) >= 11 is 2.02. The molecule has 1 aromatic rings. The van der Waals surface area contributed by atoms with Crippen LogP contribution in [0.3, 0.4) is 0 Å². The first kappa shape index (κ1) is 15.0. The molecule has 1 saturated heterocycles. The number of hydrogen-bond acceptors (Lipinski definition) is 5. The Morgan fingerprint density at radius 1 is 1.45 bits per heavy atom. The van der Waals surface area contributed by atoms with Gasteiger partial charge in [-0.25, -0.2) is 4.79 Å². The standard InChI is InChI=1S/C15H22N2O2S/c1-2-19-15(18)13-9-12(16)3-4-14(13)17-10-11-5-7-20-8-6-11/h3-4,9,11,17H,2,5-8,10,16H2,1H3. The highest BCUT2D eigenvalue weighted by Gasteiger charge is 2.16. The van der Waals surface area contributed by atoms with Crippen LogP contribution in [0.25, 0.3) is 0 Å². The molecule has 0 saturated carbocycles. The van der Waals surface area contributed by atoms with E-state index >= 15 is 0 Å². The van der Waals surface area contributed by atoms with E-state index in [-0.39, 0.29) is 5.97 Å². The smallest absolute Gasteiger partial charge is 0.340 e. The molecule has 3 N–H and O–H groups in total. The lowest BCUT2D eigenvalue weighted by Crippen LogP contribution is -2.20. The van der Waals surface area contributed by atoms with Gasteiger partial charge in [0, 0.05) is 17.9 Å². The van der Waals surface area contributed by atoms with Gasteiger partial charge in [-0.3, -0.25) is 0 Å². The minimum atomic E-state index is -0.318. The number of ether oxygens (including phenoxy) is 1. The molecule has 1 aliphatic heterocycles. The van der Waals surface area contributed by atoms with Gasteiger partial charge >= 0.3 is 5.97 Å². The second-order valence-electron chi connectivity index (χ2n) is 4.96. The Labute approximate surface area is 124 Å². The van der Waals surface area contributed by atoms with E-state index in [9.17, 15) is 4.79 Å². The molecule has 0 radical (unpaired) electrons. The zero-order valence-electron chi connectivity index (χ0n) is 11.9. The number of nitrogens with one attached hydrogen (secondary N) is 1. The maximum atomic E-state index is 11.9. The second kappa shape index (κ2) is 7.43. The molecular formula is C15H22N2O2S. The van der Waals surface area contributed by atoms with Crippen molar-refractivity contribution in [2.24, 2.45) is 5.92 Å². The molecule has 0 amide bonds. The number of thioether (sulfide) groups is 1. The van der Waals surface area contributed by atoms with Gasteiger partial charge in [0.2, 0.25) is 0 Å². The van der Waals surface area contributed by atoms with Crippen LogP contribution in [0.15, 0.2) is 18.2 Å². The molecule has 5 heteroatoms. The molecule has 0 spiro atoms. The van der Waals surface area contributed by atoms with Crippen molar-refractivity contribution in [3.05, 3.63) is 23.8 Å². The van der Waals surface area contributed by atoms with Crippen LogP contribution < -0.4 is 11.1 Å². The van der Waals surface area contributed by atoms with Crippen molar-refractivity contribution < 1.29 is 9.53 Å². The summed E-state index contributed by atoms with van der Waals surface area (Å²) < 4.78 is 5.08. The summed E-state index contributed by atoms with van der Waals surface area (Å²) in [5.74, 6) is 2.84. The number of carbonyl (C=O) groups is 1. The lowest BCUT2D eigenvalue weighted by Gasteiger charge is -2.22. The number of hydrogen-bond donors (Lipinski definition) is 2. The fourth-order valence-corrected chi connectivity index (χ4v) is 3.50. The maximum absolute atomic E-state index is 11.9. The Hall–Kier alpha value is -1.36. The number of rotatable bonds is 5. The minimum absolute atomic E-state index is 0.318. The summed E-state index contributed by atoms with van der Waals surface area (Å²) in [6.07, 6.45) is 2.47. The highest BCUT2D eigenvalue weighted by Crippen LogP contribution is 2.25. The lowest BCUT2D eigenvalue weighted by atomic mass is 10.0. The van der Waals surface area contributed by atoms with Gasteiger partial charge in [0.1, 0.15) is 0 Å². The summed E-state index contributed by atoms with van der Waals surface area (Å²) in [4.78, 5) is 11.9. The van der Waals surface area contributed by atoms with E-state index in [4.69, 9.17) is 10.5 Å². The van der Waals surface area contributed by atoms with Crippen molar-refractivity contribution >= 4 is 29.1 Å². The Morgan fingerprint density at radius 2 is 2.20 bits per heavy atom. The fourth-order valence-electron chi connectivity index (χ4n) is 2.30. The second-order valence-corrected chi connectivity index (χ2v) is 6.19. The van der Waals surface area contributed by atoms with Gasteiger partial charge in [0.25, 0.3) is 0 Å². The summed E-state index contributed by atoms with van der Waals surface area (Å²) in [6.45, 7) is 3.07. The molecule has 0 aromatic heterocycles. The van der Waals surface area contributed by atoms with E-state index in [0.29, 0.717) is 23.8 Å². The largest absolute Gasteiger partial charge is 0.462 e. The van der Waals surface area contributed by atoms with Crippen molar-refractivity contribution in [3.8, 4) is 0 Å². The predicted octanol–water partition coefficient (Wildman–Crippen LogP) is 3.00. The number of carbonyl (C=O) groups excluding carboxylic acids is 1. The number of nitrogens with two attached hydrogens (primary N) is 1. The third kappa shape index (κ3) is 4.07. The maximum Gasteiger partial charge on any atom is 0.340 e. The van der Waals surface area contributed by atoms with Crippen molar-refractivity contribution in [1.82, 2.24) is 0 Å². The molecule has 4 nitrogen and oxygen atoms in total. The van der Waals surface area contributed by atoms with E-state index in [1.165, 1.54) is 24.3 Å². The molecule has 0 unspecified atom stereocenters. The monoisotopic (exact) mass is 294 g/mol. The molecule has 1 fully saturated rings. The first-order chi connectivity index (χ1) is 9.70. The zero-order chi connectivity index (χ0) is 14.4. The Bertz CT molecular complexity index is 459. The van der Waals surface area contributed by atoms with Gasteiger partial charge < -0.3 is 15.8 Å². The third-order valence-corrected chi connectivity index (χ3v) is 4.51. The van der Waals surface area contributed by atoms with Crippen LogP contribution in [0.1, 0.15) is 30.1 Å². The molecular weight excluding hydrogens is 272 g/mol. The van der Waals surface area contributed by atoms with Crippen molar-refractivity contribution in [2.45, 2.75) is 19.8 Å². The average molecular weight is 294 g/mol. The summed E-state index contributed by atoms with van der Waals surface area (Å²) in [6, 6.07) is 5.35. The molecule has 1 aromatic carbocycles. The Kier molecular flexibility index (Phi) is 5.59. The summed E-state index contributed by atoms with van der Waals surface area (Å²) in [5, 5.41) is 3.38. The first-order valence-electron chi connectivity index (χ1n) is 7.09. The lowest BCUT2D eigenvalue weighted by molar-refractivity contribution is 0.0527. The van der Waals surface area contributed by atoms with Crippen LogP contribution in [0.4, 0.5) is 11.4 Å². The van der Waals surface area contributed by atoms with E-state index in [2.05, 4.69) is 5.32 Å². The van der Waals surface area contributed by atoms with Gasteiger partial charge in [0.15, 0.2) is 0 Å². The zero-order valence-corrected chi connectivity index (χ0v) is 12.7. The van der Waals surface area contributed by atoms with E-state index in [0.717, 1.165) is 12.2 Å². The molecule has 1 heterocycles. The molecule has 2 rings (SSSR count). The average Bonchev–Trinajstić information content (AvgIpc) is 2.47.